The van der Waals surface area contributed by atoms with Crippen LogP contribution >= 0.6 is 0 Å². The van der Waals surface area contributed by atoms with Crippen molar-refractivity contribution in [2.45, 2.75) is 26.4 Å². The molecule has 0 aliphatic carbocycles. The SMILES string of the molecule is CC(C)(C)OC(=O)NCC#Cc1ccc2c(c1)NC(=O)CO2. The lowest BCUT2D eigenvalue weighted by Gasteiger charge is -2.19. The molecule has 0 saturated carbocycles. The normalized spacial score (nSPS) is 13.0. The average Bonchev–Trinajstić information content (AvgIpc) is 2.41. The van der Waals surface area contributed by atoms with Crippen molar-refractivity contribution >= 4 is 17.7 Å². The molecule has 6 heteroatoms. The van der Waals surface area contributed by atoms with E-state index in [2.05, 4.69) is 22.5 Å². The van der Waals surface area contributed by atoms with E-state index in [1.54, 1.807) is 39.0 Å². The van der Waals surface area contributed by atoms with Gasteiger partial charge in [-0.15, -0.1) is 0 Å². The molecule has 0 fully saturated rings. The standard InChI is InChI=1S/C16H18N2O4/c1-16(2,3)22-15(20)17-8-4-5-11-6-7-13-12(9-11)18-14(19)10-21-13/h6-7,9H,8,10H2,1-3H3,(H,17,20)(H,18,19). The number of carbonyl (C=O) groups excluding carboxylic acids is 2. The topological polar surface area (TPSA) is 76.7 Å². The van der Waals surface area contributed by atoms with Gasteiger partial charge in [0.1, 0.15) is 11.4 Å². The second-order valence-corrected chi connectivity index (χ2v) is 5.71. The highest BCUT2D eigenvalue weighted by Crippen LogP contribution is 2.27. The lowest BCUT2D eigenvalue weighted by atomic mass is 10.1. The number of fused-ring (bicyclic) bond motifs is 1. The maximum absolute atomic E-state index is 11.4. The summed E-state index contributed by atoms with van der Waals surface area (Å²) in [4.78, 5) is 22.7. The lowest BCUT2D eigenvalue weighted by molar-refractivity contribution is -0.118. The first-order valence-electron chi connectivity index (χ1n) is 6.86. The summed E-state index contributed by atoms with van der Waals surface area (Å²) in [6.07, 6.45) is -0.507. The van der Waals surface area contributed by atoms with E-state index in [0.29, 0.717) is 11.4 Å². The Balaban J connectivity index is 1.91. The summed E-state index contributed by atoms with van der Waals surface area (Å²) < 4.78 is 10.4. The van der Waals surface area contributed by atoms with Gasteiger partial charge in [-0.3, -0.25) is 4.79 Å². The first-order chi connectivity index (χ1) is 10.3. The number of amides is 2. The monoisotopic (exact) mass is 302 g/mol. The van der Waals surface area contributed by atoms with Gasteiger partial charge in [-0.05, 0) is 39.0 Å². The van der Waals surface area contributed by atoms with Crippen LogP contribution in [0.1, 0.15) is 26.3 Å². The molecule has 1 aliphatic rings. The third kappa shape index (κ3) is 4.70. The first-order valence-corrected chi connectivity index (χ1v) is 6.86. The molecule has 0 bridgehead atoms. The number of carbonyl (C=O) groups is 2. The van der Waals surface area contributed by atoms with Gasteiger partial charge in [-0.1, -0.05) is 11.8 Å². The van der Waals surface area contributed by atoms with Crippen molar-refractivity contribution in [1.82, 2.24) is 5.32 Å². The van der Waals surface area contributed by atoms with Gasteiger partial charge >= 0.3 is 6.09 Å². The molecule has 2 rings (SSSR count). The molecule has 22 heavy (non-hydrogen) atoms. The van der Waals surface area contributed by atoms with Crippen LogP contribution in [0.2, 0.25) is 0 Å². The van der Waals surface area contributed by atoms with E-state index in [-0.39, 0.29) is 19.1 Å². The van der Waals surface area contributed by atoms with E-state index >= 15 is 0 Å². The molecule has 0 saturated heterocycles. The summed E-state index contributed by atoms with van der Waals surface area (Å²) in [5.41, 5.74) is 0.785. The zero-order chi connectivity index (χ0) is 16.2. The van der Waals surface area contributed by atoms with Crippen molar-refractivity contribution < 1.29 is 19.1 Å². The zero-order valence-corrected chi connectivity index (χ0v) is 12.8. The van der Waals surface area contributed by atoms with Gasteiger partial charge in [0, 0.05) is 5.56 Å². The van der Waals surface area contributed by atoms with Crippen LogP contribution in [0.5, 0.6) is 5.75 Å². The average molecular weight is 302 g/mol. The highest BCUT2D eigenvalue weighted by Gasteiger charge is 2.16. The van der Waals surface area contributed by atoms with Crippen molar-refractivity contribution in [3.05, 3.63) is 23.8 Å². The van der Waals surface area contributed by atoms with Crippen LogP contribution in [0.15, 0.2) is 18.2 Å². The minimum atomic E-state index is -0.534. The number of benzene rings is 1. The fraction of sp³-hybridized carbons (Fsp3) is 0.375. The molecule has 0 unspecified atom stereocenters. The number of ether oxygens (including phenoxy) is 2. The summed E-state index contributed by atoms with van der Waals surface area (Å²) in [7, 11) is 0. The minimum absolute atomic E-state index is 0.0256. The summed E-state index contributed by atoms with van der Waals surface area (Å²) in [5, 5.41) is 5.26. The molecule has 0 spiro atoms. The summed E-state index contributed by atoms with van der Waals surface area (Å²) >= 11 is 0. The molecular formula is C16H18N2O4. The van der Waals surface area contributed by atoms with Crippen LogP contribution in [0.4, 0.5) is 10.5 Å². The van der Waals surface area contributed by atoms with Crippen LogP contribution in [0, 0.1) is 11.8 Å². The lowest BCUT2D eigenvalue weighted by Crippen LogP contribution is -2.32. The second kappa shape index (κ2) is 6.39. The van der Waals surface area contributed by atoms with Crippen molar-refractivity contribution in [3.8, 4) is 17.6 Å². The Morgan fingerprint density at radius 3 is 2.95 bits per heavy atom. The maximum atomic E-state index is 11.4. The number of anilines is 1. The van der Waals surface area contributed by atoms with Crippen LogP contribution < -0.4 is 15.4 Å². The van der Waals surface area contributed by atoms with Gasteiger partial charge in [0.05, 0.1) is 12.2 Å². The minimum Gasteiger partial charge on any atom is -0.482 e. The van der Waals surface area contributed by atoms with E-state index in [9.17, 15) is 9.59 Å². The largest absolute Gasteiger partial charge is 0.482 e. The number of hydrogen-bond donors (Lipinski definition) is 2. The molecule has 116 valence electrons. The van der Waals surface area contributed by atoms with Gasteiger partial charge in [-0.25, -0.2) is 4.79 Å². The molecule has 6 nitrogen and oxygen atoms in total. The zero-order valence-electron chi connectivity index (χ0n) is 12.8. The second-order valence-electron chi connectivity index (χ2n) is 5.71. The summed E-state index contributed by atoms with van der Waals surface area (Å²) in [6.45, 7) is 5.58. The number of hydrogen-bond acceptors (Lipinski definition) is 4. The Hall–Kier alpha value is -2.68. The fourth-order valence-corrected chi connectivity index (χ4v) is 1.74. The highest BCUT2D eigenvalue weighted by atomic mass is 16.6. The number of alkyl carbamates (subject to hydrolysis) is 1. The molecule has 1 aromatic carbocycles. The Labute approximate surface area is 129 Å². The molecular weight excluding hydrogens is 284 g/mol. The maximum Gasteiger partial charge on any atom is 0.408 e. The Bertz CT molecular complexity index is 650. The van der Waals surface area contributed by atoms with Crippen molar-refractivity contribution in [2.75, 3.05) is 18.5 Å². The number of rotatable bonds is 1. The van der Waals surface area contributed by atoms with E-state index in [0.717, 1.165) is 5.56 Å². The molecule has 0 aromatic heterocycles. The smallest absolute Gasteiger partial charge is 0.408 e. The van der Waals surface area contributed by atoms with Gasteiger partial charge in [0.25, 0.3) is 5.91 Å². The molecule has 1 heterocycles. The molecule has 1 aliphatic heterocycles. The van der Waals surface area contributed by atoms with Crippen molar-refractivity contribution in [2.24, 2.45) is 0 Å². The summed E-state index contributed by atoms with van der Waals surface area (Å²) in [6, 6.07) is 5.27. The first kappa shape index (κ1) is 15.7. The van der Waals surface area contributed by atoms with Gasteiger partial charge in [0.15, 0.2) is 6.61 Å². The molecule has 1 aromatic rings. The molecule has 0 atom stereocenters. The van der Waals surface area contributed by atoms with Crippen LogP contribution in [-0.2, 0) is 9.53 Å². The molecule has 0 radical (unpaired) electrons. The van der Waals surface area contributed by atoms with Gasteiger partial charge in [0.2, 0.25) is 0 Å². The van der Waals surface area contributed by atoms with Gasteiger partial charge < -0.3 is 20.1 Å². The Morgan fingerprint density at radius 2 is 2.23 bits per heavy atom. The fourth-order valence-electron chi connectivity index (χ4n) is 1.74. The quantitative estimate of drug-likeness (QED) is 0.777. The summed E-state index contributed by atoms with van der Waals surface area (Å²) in [5.74, 6) is 6.15. The van der Waals surface area contributed by atoms with Crippen LogP contribution in [-0.4, -0.2) is 30.8 Å². The van der Waals surface area contributed by atoms with Crippen LogP contribution in [0.25, 0.3) is 0 Å². The van der Waals surface area contributed by atoms with Crippen LogP contribution in [0.3, 0.4) is 0 Å². The van der Waals surface area contributed by atoms with E-state index in [1.165, 1.54) is 0 Å². The van der Waals surface area contributed by atoms with E-state index in [4.69, 9.17) is 9.47 Å². The third-order valence-corrected chi connectivity index (χ3v) is 2.57. The Kier molecular flexibility index (Phi) is 4.56. The Morgan fingerprint density at radius 1 is 1.45 bits per heavy atom. The van der Waals surface area contributed by atoms with Crippen molar-refractivity contribution in [1.29, 1.82) is 0 Å². The van der Waals surface area contributed by atoms with E-state index in [1.807, 2.05) is 0 Å². The highest BCUT2D eigenvalue weighted by molar-refractivity contribution is 5.95. The third-order valence-electron chi connectivity index (χ3n) is 2.57. The molecule has 2 N–H and O–H groups in total. The molecule has 2 amide bonds. The van der Waals surface area contributed by atoms with Crippen molar-refractivity contribution in [3.63, 3.8) is 0 Å². The number of nitrogens with one attached hydrogen (secondary N) is 2. The van der Waals surface area contributed by atoms with Gasteiger partial charge in [-0.2, -0.15) is 0 Å². The predicted molar refractivity (Wildman–Crippen MR) is 81.7 cm³/mol. The predicted octanol–water partition coefficient (Wildman–Crippen LogP) is 1.89. The van der Waals surface area contributed by atoms with E-state index < -0.39 is 11.7 Å².